The lowest BCUT2D eigenvalue weighted by Crippen LogP contribution is -2.48. The van der Waals surface area contributed by atoms with Crippen LogP contribution in [0.3, 0.4) is 0 Å². The third-order valence-electron chi connectivity index (χ3n) is 3.98. The van der Waals surface area contributed by atoms with Crippen molar-refractivity contribution in [2.45, 2.75) is 43.2 Å². The van der Waals surface area contributed by atoms with E-state index in [0.717, 1.165) is 22.2 Å². The lowest BCUT2D eigenvalue weighted by Gasteiger charge is -2.30. The first-order valence-electron chi connectivity index (χ1n) is 7.33. The van der Waals surface area contributed by atoms with Gasteiger partial charge in [0.25, 0.3) is 0 Å². The van der Waals surface area contributed by atoms with Crippen molar-refractivity contribution < 1.29 is 19.5 Å². The number of anilines is 1. The predicted octanol–water partition coefficient (Wildman–Crippen LogP) is 2.20. The molecule has 130 valence electrons. The molecular formula is C16H19ClN2O4S. The smallest absolute Gasteiger partial charge is 0.321 e. The fraction of sp³-hybridized carbons (Fsp3) is 0.438. The molecule has 2 unspecified atom stereocenters. The van der Waals surface area contributed by atoms with Gasteiger partial charge in [-0.05, 0) is 38.5 Å². The van der Waals surface area contributed by atoms with Crippen molar-refractivity contribution in [3.05, 3.63) is 28.8 Å². The SMILES string of the molecule is Cc1ccc(Cl)cc1N1C(=O)CC(SC(C)(C)C(N)C(=O)O)C1=O. The van der Waals surface area contributed by atoms with E-state index in [1.54, 1.807) is 39.0 Å². The number of carbonyl (C=O) groups is 3. The third kappa shape index (κ3) is 3.58. The summed E-state index contributed by atoms with van der Waals surface area (Å²) < 4.78 is -0.897. The summed E-state index contributed by atoms with van der Waals surface area (Å²) in [5.41, 5.74) is 6.91. The maximum absolute atomic E-state index is 12.7. The number of hydrogen-bond acceptors (Lipinski definition) is 5. The van der Waals surface area contributed by atoms with E-state index in [0.29, 0.717) is 10.7 Å². The number of imide groups is 1. The number of benzene rings is 1. The highest BCUT2D eigenvalue weighted by molar-refractivity contribution is 8.02. The van der Waals surface area contributed by atoms with E-state index in [1.807, 2.05) is 0 Å². The Morgan fingerprint density at radius 1 is 1.46 bits per heavy atom. The van der Waals surface area contributed by atoms with Crippen molar-refractivity contribution >= 4 is 46.8 Å². The highest BCUT2D eigenvalue weighted by Crippen LogP contribution is 2.39. The number of rotatable bonds is 5. The quantitative estimate of drug-likeness (QED) is 0.770. The molecule has 0 aliphatic carbocycles. The summed E-state index contributed by atoms with van der Waals surface area (Å²) in [6.07, 6.45) is 0.00518. The average Bonchev–Trinajstić information content (AvgIpc) is 2.74. The molecule has 1 aliphatic rings. The lowest BCUT2D eigenvalue weighted by molar-refractivity contribution is -0.139. The van der Waals surface area contributed by atoms with E-state index in [9.17, 15) is 14.4 Å². The van der Waals surface area contributed by atoms with Crippen LogP contribution in [0.4, 0.5) is 5.69 Å². The van der Waals surface area contributed by atoms with Crippen molar-refractivity contribution in [2.24, 2.45) is 5.73 Å². The van der Waals surface area contributed by atoms with Gasteiger partial charge in [-0.15, -0.1) is 11.8 Å². The molecule has 0 radical (unpaired) electrons. The summed E-state index contributed by atoms with van der Waals surface area (Å²) in [4.78, 5) is 37.3. The number of hydrogen-bond donors (Lipinski definition) is 2. The van der Waals surface area contributed by atoms with E-state index in [1.165, 1.54) is 0 Å². The third-order valence-corrected chi connectivity index (χ3v) is 5.73. The summed E-state index contributed by atoms with van der Waals surface area (Å²) >= 11 is 7.09. The molecule has 8 heteroatoms. The molecule has 0 bridgehead atoms. The van der Waals surface area contributed by atoms with Gasteiger partial charge in [0.1, 0.15) is 6.04 Å². The molecule has 2 rings (SSSR count). The fourth-order valence-corrected chi connectivity index (χ4v) is 4.09. The summed E-state index contributed by atoms with van der Waals surface area (Å²) in [6, 6.07) is 3.86. The average molecular weight is 371 g/mol. The minimum atomic E-state index is -1.15. The normalized spacial score (nSPS) is 19.7. The molecule has 0 aromatic heterocycles. The molecule has 0 spiro atoms. The first-order chi connectivity index (χ1) is 11.0. The van der Waals surface area contributed by atoms with E-state index in [2.05, 4.69) is 0 Å². The molecule has 1 heterocycles. The van der Waals surface area contributed by atoms with Crippen LogP contribution in [0.5, 0.6) is 0 Å². The molecule has 2 atom stereocenters. The van der Waals surface area contributed by atoms with Crippen LogP contribution in [0.25, 0.3) is 0 Å². The molecule has 0 saturated carbocycles. The Bertz CT molecular complexity index is 707. The lowest BCUT2D eigenvalue weighted by atomic mass is 10.1. The van der Waals surface area contributed by atoms with Crippen LogP contribution in [0.15, 0.2) is 18.2 Å². The van der Waals surface area contributed by atoms with Gasteiger partial charge in [-0.25, -0.2) is 4.90 Å². The van der Waals surface area contributed by atoms with Crippen LogP contribution < -0.4 is 10.6 Å². The molecule has 6 nitrogen and oxygen atoms in total. The highest BCUT2D eigenvalue weighted by Gasteiger charge is 2.45. The molecule has 1 aliphatic heterocycles. The van der Waals surface area contributed by atoms with Crippen molar-refractivity contribution in [3.8, 4) is 0 Å². The Kier molecular flexibility index (Phi) is 5.27. The van der Waals surface area contributed by atoms with Crippen molar-refractivity contribution in [3.63, 3.8) is 0 Å². The standard InChI is InChI=1S/C16H19ClN2O4S/c1-8-4-5-9(17)6-10(8)19-12(20)7-11(14(19)21)24-16(2,3)13(18)15(22)23/h4-6,11,13H,7,18H2,1-3H3,(H,22,23). The van der Waals surface area contributed by atoms with Gasteiger partial charge in [0, 0.05) is 16.2 Å². The van der Waals surface area contributed by atoms with Gasteiger partial charge in [-0.3, -0.25) is 14.4 Å². The van der Waals surface area contributed by atoms with Gasteiger partial charge in [0.05, 0.1) is 10.9 Å². The maximum atomic E-state index is 12.7. The van der Waals surface area contributed by atoms with Crippen LogP contribution in [-0.4, -0.2) is 38.9 Å². The van der Waals surface area contributed by atoms with Gasteiger partial charge in [0.15, 0.2) is 0 Å². The zero-order valence-electron chi connectivity index (χ0n) is 13.6. The number of thioether (sulfide) groups is 1. The predicted molar refractivity (Wildman–Crippen MR) is 94.4 cm³/mol. The number of aryl methyl sites for hydroxylation is 1. The van der Waals surface area contributed by atoms with E-state index < -0.39 is 22.0 Å². The Labute approximate surface area is 149 Å². The van der Waals surface area contributed by atoms with Crippen molar-refractivity contribution in [1.29, 1.82) is 0 Å². The molecule has 1 fully saturated rings. The second-order valence-corrected chi connectivity index (χ2v) is 8.52. The highest BCUT2D eigenvalue weighted by atomic mass is 35.5. The van der Waals surface area contributed by atoms with Gasteiger partial charge < -0.3 is 10.8 Å². The Hall–Kier alpha value is -1.57. The van der Waals surface area contributed by atoms with Crippen LogP contribution in [0.2, 0.25) is 5.02 Å². The van der Waals surface area contributed by atoms with Crippen molar-refractivity contribution in [2.75, 3.05) is 4.90 Å². The van der Waals surface area contributed by atoms with Crippen LogP contribution in [0.1, 0.15) is 25.8 Å². The van der Waals surface area contributed by atoms with Crippen LogP contribution >= 0.6 is 23.4 Å². The number of carbonyl (C=O) groups excluding carboxylic acids is 2. The van der Waals surface area contributed by atoms with Gasteiger partial charge >= 0.3 is 5.97 Å². The fourth-order valence-electron chi connectivity index (χ4n) is 2.51. The Morgan fingerprint density at radius 2 is 2.08 bits per heavy atom. The summed E-state index contributed by atoms with van der Waals surface area (Å²) in [5, 5.41) is 8.85. The number of carboxylic acid groups (broad SMARTS) is 1. The molecule has 1 saturated heterocycles. The number of amides is 2. The monoisotopic (exact) mass is 370 g/mol. The topological polar surface area (TPSA) is 101 Å². The van der Waals surface area contributed by atoms with Gasteiger partial charge in [0.2, 0.25) is 11.8 Å². The molecule has 1 aromatic rings. The van der Waals surface area contributed by atoms with E-state index >= 15 is 0 Å². The minimum absolute atomic E-state index is 0.00518. The zero-order chi connectivity index (χ0) is 18.2. The van der Waals surface area contributed by atoms with Gasteiger partial charge in [-0.2, -0.15) is 0 Å². The van der Waals surface area contributed by atoms with Crippen molar-refractivity contribution in [1.82, 2.24) is 0 Å². The summed E-state index contributed by atoms with van der Waals surface area (Å²) in [5.74, 6) is -1.85. The second-order valence-electron chi connectivity index (χ2n) is 6.23. The molecule has 3 N–H and O–H groups in total. The maximum Gasteiger partial charge on any atom is 0.321 e. The molecule has 24 heavy (non-hydrogen) atoms. The van der Waals surface area contributed by atoms with E-state index in [-0.39, 0.29) is 18.2 Å². The summed E-state index contributed by atoms with van der Waals surface area (Å²) in [7, 11) is 0. The largest absolute Gasteiger partial charge is 0.480 e. The Morgan fingerprint density at radius 3 is 2.67 bits per heavy atom. The number of halogens is 1. The summed E-state index contributed by atoms with van der Waals surface area (Å²) in [6.45, 7) is 5.10. The number of nitrogens with two attached hydrogens (primary N) is 1. The zero-order valence-corrected chi connectivity index (χ0v) is 15.1. The number of carboxylic acids is 1. The van der Waals surface area contributed by atoms with Crippen LogP contribution in [-0.2, 0) is 14.4 Å². The molecule has 1 aromatic carbocycles. The number of nitrogens with zero attached hydrogens (tertiary/aromatic N) is 1. The molecule has 2 amide bonds. The molecular weight excluding hydrogens is 352 g/mol. The van der Waals surface area contributed by atoms with E-state index in [4.69, 9.17) is 22.4 Å². The first kappa shape index (κ1) is 18.8. The van der Waals surface area contributed by atoms with Gasteiger partial charge in [-0.1, -0.05) is 17.7 Å². The second kappa shape index (κ2) is 6.74. The Balaban J connectivity index is 2.26. The number of aliphatic carboxylic acids is 1. The first-order valence-corrected chi connectivity index (χ1v) is 8.59. The van der Waals surface area contributed by atoms with Crippen LogP contribution in [0, 0.1) is 6.92 Å². The minimum Gasteiger partial charge on any atom is -0.480 e.